The summed E-state index contributed by atoms with van der Waals surface area (Å²) >= 11 is 0. The number of nitrogens with one attached hydrogen (secondary N) is 1. The lowest BCUT2D eigenvalue weighted by molar-refractivity contribution is -0.119. The number of ether oxygens (including phenoxy) is 1. The molecule has 0 aliphatic heterocycles. The lowest BCUT2D eigenvalue weighted by Crippen LogP contribution is -2.42. The molecule has 0 spiro atoms. The van der Waals surface area contributed by atoms with Gasteiger partial charge in [-0.25, -0.2) is 8.78 Å². The molecule has 5 nitrogen and oxygen atoms in total. The molecule has 126 valence electrons. The summed E-state index contributed by atoms with van der Waals surface area (Å²) in [5.74, 6) is -2.39. The molecule has 0 aliphatic rings. The summed E-state index contributed by atoms with van der Waals surface area (Å²) in [6, 6.07) is 8.53. The summed E-state index contributed by atoms with van der Waals surface area (Å²) in [6.45, 7) is 1.53. The number of rotatable bonds is 6. The van der Waals surface area contributed by atoms with Gasteiger partial charge in [0.25, 0.3) is 5.91 Å². The highest BCUT2D eigenvalue weighted by Gasteiger charge is 2.17. The summed E-state index contributed by atoms with van der Waals surface area (Å²) in [7, 11) is 0. The van der Waals surface area contributed by atoms with E-state index in [0.717, 1.165) is 6.07 Å². The zero-order chi connectivity index (χ0) is 17.7. The molecule has 2 rings (SSSR count). The Hall–Kier alpha value is -2.96. The lowest BCUT2D eigenvalue weighted by Gasteiger charge is -2.12. The Morgan fingerprint density at radius 1 is 1.17 bits per heavy atom. The van der Waals surface area contributed by atoms with Gasteiger partial charge < -0.3 is 15.8 Å². The Bertz CT molecular complexity index is 748. The van der Waals surface area contributed by atoms with Crippen LogP contribution >= 0.6 is 0 Å². The summed E-state index contributed by atoms with van der Waals surface area (Å²) in [5, 5.41) is 2.29. The van der Waals surface area contributed by atoms with Crippen LogP contribution in [0.5, 0.6) is 5.75 Å². The van der Waals surface area contributed by atoms with Crippen LogP contribution in [0.2, 0.25) is 0 Å². The van der Waals surface area contributed by atoms with E-state index in [1.165, 1.54) is 31.2 Å². The molecule has 0 heterocycles. The minimum atomic E-state index is -0.911. The summed E-state index contributed by atoms with van der Waals surface area (Å²) in [5.41, 5.74) is 5.53. The van der Waals surface area contributed by atoms with E-state index in [0.29, 0.717) is 5.56 Å². The van der Waals surface area contributed by atoms with Crippen LogP contribution in [0, 0.1) is 11.6 Å². The van der Waals surface area contributed by atoms with E-state index in [2.05, 4.69) is 5.32 Å². The number of nitrogens with two attached hydrogens (primary N) is 1. The van der Waals surface area contributed by atoms with Crippen LogP contribution in [-0.4, -0.2) is 17.9 Å². The van der Waals surface area contributed by atoms with Crippen LogP contribution in [0.1, 0.15) is 22.8 Å². The van der Waals surface area contributed by atoms with E-state index in [1.54, 1.807) is 12.1 Å². The highest BCUT2D eigenvalue weighted by atomic mass is 19.1. The summed E-state index contributed by atoms with van der Waals surface area (Å²) < 4.78 is 32.2. The van der Waals surface area contributed by atoms with Gasteiger partial charge in [0, 0.05) is 6.07 Å². The van der Waals surface area contributed by atoms with E-state index in [1.807, 2.05) is 0 Å². The first kappa shape index (κ1) is 17.4. The fourth-order valence-electron chi connectivity index (χ4n) is 1.86. The van der Waals surface area contributed by atoms with Crippen LogP contribution in [0.3, 0.4) is 0 Å². The molecule has 2 aromatic rings. The Morgan fingerprint density at radius 2 is 1.83 bits per heavy atom. The number of hydrogen-bond acceptors (Lipinski definition) is 3. The second-order valence-corrected chi connectivity index (χ2v) is 5.15. The average Bonchev–Trinajstić information content (AvgIpc) is 2.54. The van der Waals surface area contributed by atoms with E-state index >= 15 is 0 Å². The van der Waals surface area contributed by atoms with Crippen molar-refractivity contribution in [2.75, 3.05) is 0 Å². The zero-order valence-corrected chi connectivity index (χ0v) is 12.9. The Kier molecular flexibility index (Phi) is 5.47. The fraction of sp³-hybridized carbons (Fsp3) is 0.176. The van der Waals surface area contributed by atoms with Crippen molar-refractivity contribution in [3.05, 3.63) is 65.2 Å². The molecule has 7 heteroatoms. The van der Waals surface area contributed by atoms with Crippen LogP contribution < -0.4 is 15.8 Å². The van der Waals surface area contributed by atoms with Crippen molar-refractivity contribution in [2.45, 2.75) is 19.6 Å². The standard InChI is InChI=1S/C17H16F2N2O3/c1-10(16(20)22)21-17(23)14-7-6-13(8-15(14)19)24-9-11-2-4-12(18)5-3-11/h2-8,10H,9H2,1H3,(H2,20,22)(H,21,23). The van der Waals surface area contributed by atoms with E-state index < -0.39 is 23.7 Å². The first-order valence-electron chi connectivity index (χ1n) is 7.14. The molecule has 2 amide bonds. The van der Waals surface area contributed by atoms with Crippen LogP contribution in [0.15, 0.2) is 42.5 Å². The molecule has 3 N–H and O–H groups in total. The third-order valence-electron chi connectivity index (χ3n) is 3.28. The van der Waals surface area contributed by atoms with Crippen molar-refractivity contribution < 1.29 is 23.1 Å². The highest BCUT2D eigenvalue weighted by molar-refractivity contribution is 5.97. The maximum Gasteiger partial charge on any atom is 0.254 e. The minimum Gasteiger partial charge on any atom is -0.489 e. The molecule has 0 saturated heterocycles. The fourth-order valence-corrected chi connectivity index (χ4v) is 1.86. The predicted octanol–water partition coefficient (Wildman–Crippen LogP) is 2.15. The van der Waals surface area contributed by atoms with Gasteiger partial charge in [0.2, 0.25) is 5.91 Å². The van der Waals surface area contributed by atoms with Gasteiger partial charge in [-0.1, -0.05) is 12.1 Å². The van der Waals surface area contributed by atoms with Crippen molar-refractivity contribution in [1.29, 1.82) is 0 Å². The summed E-state index contributed by atoms with van der Waals surface area (Å²) in [4.78, 5) is 22.8. The molecule has 0 bridgehead atoms. The van der Waals surface area contributed by atoms with Gasteiger partial charge in [-0.15, -0.1) is 0 Å². The Balaban J connectivity index is 2.02. The normalized spacial score (nSPS) is 11.6. The monoisotopic (exact) mass is 334 g/mol. The van der Waals surface area contributed by atoms with Gasteiger partial charge in [0.05, 0.1) is 5.56 Å². The number of hydrogen-bond donors (Lipinski definition) is 2. The minimum absolute atomic E-state index is 0.129. The van der Waals surface area contributed by atoms with E-state index in [-0.39, 0.29) is 23.7 Å². The SMILES string of the molecule is CC(NC(=O)c1ccc(OCc2ccc(F)cc2)cc1F)C(N)=O. The molecule has 0 aliphatic carbocycles. The van der Waals surface area contributed by atoms with Crippen LogP contribution in [-0.2, 0) is 11.4 Å². The first-order chi connectivity index (χ1) is 11.4. The van der Waals surface area contributed by atoms with Gasteiger partial charge in [-0.05, 0) is 36.8 Å². The smallest absolute Gasteiger partial charge is 0.254 e. The molecule has 1 atom stereocenters. The molecule has 0 fully saturated rings. The number of benzene rings is 2. The average molecular weight is 334 g/mol. The van der Waals surface area contributed by atoms with Crippen molar-refractivity contribution in [1.82, 2.24) is 5.32 Å². The Morgan fingerprint density at radius 3 is 2.42 bits per heavy atom. The highest BCUT2D eigenvalue weighted by Crippen LogP contribution is 2.18. The molecular formula is C17H16F2N2O3. The number of carbonyl (C=O) groups excluding carboxylic acids is 2. The van der Waals surface area contributed by atoms with Crippen molar-refractivity contribution in [2.24, 2.45) is 5.73 Å². The van der Waals surface area contributed by atoms with Gasteiger partial charge >= 0.3 is 0 Å². The quantitative estimate of drug-likeness (QED) is 0.849. The number of carbonyl (C=O) groups is 2. The van der Waals surface area contributed by atoms with E-state index in [4.69, 9.17) is 10.5 Å². The van der Waals surface area contributed by atoms with Crippen molar-refractivity contribution >= 4 is 11.8 Å². The maximum atomic E-state index is 14.0. The predicted molar refractivity (Wildman–Crippen MR) is 83.3 cm³/mol. The molecule has 0 radical (unpaired) electrons. The van der Waals surface area contributed by atoms with Gasteiger partial charge in [0.1, 0.15) is 30.0 Å². The maximum absolute atomic E-state index is 14.0. The second-order valence-electron chi connectivity index (χ2n) is 5.15. The molecular weight excluding hydrogens is 318 g/mol. The van der Waals surface area contributed by atoms with Crippen molar-refractivity contribution in [3.63, 3.8) is 0 Å². The third-order valence-corrected chi connectivity index (χ3v) is 3.28. The Labute approximate surface area is 137 Å². The topological polar surface area (TPSA) is 81.4 Å². The molecule has 0 saturated carbocycles. The molecule has 1 unspecified atom stereocenters. The summed E-state index contributed by atoms with van der Waals surface area (Å²) in [6.07, 6.45) is 0. The molecule has 24 heavy (non-hydrogen) atoms. The van der Waals surface area contributed by atoms with Crippen LogP contribution in [0.25, 0.3) is 0 Å². The molecule has 2 aromatic carbocycles. The largest absolute Gasteiger partial charge is 0.489 e. The second kappa shape index (κ2) is 7.54. The number of amides is 2. The van der Waals surface area contributed by atoms with Crippen molar-refractivity contribution in [3.8, 4) is 5.75 Å². The van der Waals surface area contributed by atoms with Crippen LogP contribution in [0.4, 0.5) is 8.78 Å². The van der Waals surface area contributed by atoms with Gasteiger partial charge in [0.15, 0.2) is 0 Å². The number of primary amides is 1. The first-order valence-corrected chi connectivity index (χ1v) is 7.14. The number of halogens is 2. The zero-order valence-electron chi connectivity index (χ0n) is 12.9. The van der Waals surface area contributed by atoms with Gasteiger partial charge in [-0.2, -0.15) is 0 Å². The molecule has 0 aromatic heterocycles. The lowest BCUT2D eigenvalue weighted by atomic mass is 10.1. The van der Waals surface area contributed by atoms with Gasteiger partial charge in [-0.3, -0.25) is 9.59 Å². The van der Waals surface area contributed by atoms with E-state index in [9.17, 15) is 18.4 Å². The third kappa shape index (κ3) is 4.52.